The summed E-state index contributed by atoms with van der Waals surface area (Å²) < 4.78 is 44.3. The molecule has 1 N–H and O–H groups in total. The van der Waals surface area contributed by atoms with E-state index in [1.165, 1.54) is 12.1 Å². The lowest BCUT2D eigenvalue weighted by Gasteiger charge is -2.07. The van der Waals surface area contributed by atoms with Crippen LogP contribution in [0.5, 0.6) is 5.75 Å². The van der Waals surface area contributed by atoms with Gasteiger partial charge < -0.3 is 4.74 Å². The highest BCUT2D eigenvalue weighted by Crippen LogP contribution is 2.28. The number of halogens is 1. The Morgan fingerprint density at radius 2 is 2.27 bits per heavy atom. The first-order valence-corrected chi connectivity index (χ1v) is 5.92. The van der Waals surface area contributed by atoms with Gasteiger partial charge in [-0.2, -0.15) is 0 Å². The normalized spacial score (nSPS) is 23.7. The maximum atomic E-state index is 13.4. The molecule has 1 heterocycles. The van der Waals surface area contributed by atoms with E-state index in [2.05, 4.69) is 4.72 Å². The van der Waals surface area contributed by atoms with Crippen molar-refractivity contribution >= 4 is 10.0 Å². The van der Waals surface area contributed by atoms with Gasteiger partial charge in [0.2, 0.25) is 10.0 Å². The van der Waals surface area contributed by atoms with Crippen molar-refractivity contribution in [2.45, 2.75) is 17.9 Å². The summed E-state index contributed by atoms with van der Waals surface area (Å²) in [6.45, 7) is 1.84. The predicted molar refractivity (Wildman–Crippen MR) is 51.7 cm³/mol. The monoisotopic (exact) mass is 231 g/mol. The lowest BCUT2D eigenvalue weighted by molar-refractivity contribution is 0.286. The van der Waals surface area contributed by atoms with Crippen molar-refractivity contribution in [1.82, 2.24) is 4.72 Å². The summed E-state index contributed by atoms with van der Waals surface area (Å²) in [5.74, 6) is -0.735. The summed E-state index contributed by atoms with van der Waals surface area (Å²) in [6, 6.07) is 3.58. The lowest BCUT2D eigenvalue weighted by atomic mass is 10.3. The molecule has 1 aliphatic rings. The fraction of sp³-hybridized carbons (Fsp3) is 0.333. The van der Waals surface area contributed by atoms with Crippen LogP contribution in [0.3, 0.4) is 0 Å². The molecule has 0 spiro atoms. The third-order valence-corrected chi connectivity index (χ3v) is 3.69. The van der Waals surface area contributed by atoms with Gasteiger partial charge in [0.1, 0.15) is 18.2 Å². The van der Waals surface area contributed by atoms with Gasteiger partial charge in [0, 0.05) is 0 Å². The number of sulfonamides is 1. The molecular formula is C9H10FNO3S. The Kier molecular flexibility index (Phi) is 2.40. The minimum Gasteiger partial charge on any atom is -0.490 e. The molecular weight excluding hydrogens is 221 g/mol. The second-order valence-corrected chi connectivity index (χ2v) is 5.05. The van der Waals surface area contributed by atoms with Crippen LogP contribution in [-0.4, -0.2) is 21.1 Å². The number of hydrogen-bond donors (Lipinski definition) is 1. The van der Waals surface area contributed by atoms with Crippen LogP contribution in [0.15, 0.2) is 23.1 Å². The minimum atomic E-state index is -3.81. The van der Waals surface area contributed by atoms with Crippen LogP contribution in [0.2, 0.25) is 0 Å². The zero-order chi connectivity index (χ0) is 11.1. The number of nitrogens with one attached hydrogen (secondary N) is 1. The van der Waals surface area contributed by atoms with Crippen LogP contribution < -0.4 is 9.46 Å². The number of benzene rings is 1. The van der Waals surface area contributed by atoms with Gasteiger partial charge in [-0.15, -0.1) is 0 Å². The average Bonchev–Trinajstić information content (AvgIpc) is 2.23. The smallest absolute Gasteiger partial charge is 0.247 e. The Morgan fingerprint density at radius 3 is 3.00 bits per heavy atom. The first kappa shape index (κ1) is 10.4. The van der Waals surface area contributed by atoms with Crippen LogP contribution in [0, 0.1) is 5.82 Å². The summed E-state index contributed by atoms with van der Waals surface area (Å²) >= 11 is 0. The Morgan fingerprint density at radius 1 is 1.53 bits per heavy atom. The minimum absolute atomic E-state index is 0.0619. The van der Waals surface area contributed by atoms with Crippen molar-refractivity contribution < 1.29 is 17.5 Å². The summed E-state index contributed by atoms with van der Waals surface area (Å²) in [7, 11) is -3.81. The standard InChI is InChI=1S/C9H10FNO3S/c1-6-5-14-8-4-2-3-7(10)9(8)15(12,13)11-6/h2-4,6,11H,5H2,1H3/t6-/m0/s1. The third kappa shape index (κ3) is 1.82. The Labute approximate surface area is 87.1 Å². The molecule has 1 aromatic carbocycles. The van der Waals surface area contributed by atoms with Gasteiger partial charge in [-0.1, -0.05) is 6.07 Å². The topological polar surface area (TPSA) is 55.4 Å². The first-order chi connectivity index (χ1) is 7.00. The fourth-order valence-electron chi connectivity index (χ4n) is 1.44. The molecule has 6 heteroatoms. The number of hydrogen-bond acceptors (Lipinski definition) is 3. The highest BCUT2D eigenvalue weighted by atomic mass is 32.2. The van der Waals surface area contributed by atoms with E-state index in [9.17, 15) is 12.8 Å². The van der Waals surface area contributed by atoms with Gasteiger partial charge in [0.05, 0.1) is 6.04 Å². The van der Waals surface area contributed by atoms with Crippen LogP contribution in [0.25, 0.3) is 0 Å². The van der Waals surface area contributed by atoms with Crippen molar-refractivity contribution in [3.8, 4) is 5.75 Å². The van der Waals surface area contributed by atoms with Gasteiger partial charge in [-0.3, -0.25) is 0 Å². The molecule has 0 unspecified atom stereocenters. The van der Waals surface area contributed by atoms with Gasteiger partial charge >= 0.3 is 0 Å². The molecule has 0 aliphatic carbocycles. The molecule has 0 radical (unpaired) electrons. The molecule has 15 heavy (non-hydrogen) atoms. The molecule has 0 bridgehead atoms. The van der Waals surface area contributed by atoms with Crippen molar-refractivity contribution in [2.24, 2.45) is 0 Å². The van der Waals surface area contributed by atoms with Gasteiger partial charge in [-0.25, -0.2) is 17.5 Å². The fourth-order valence-corrected chi connectivity index (χ4v) is 2.87. The maximum Gasteiger partial charge on any atom is 0.247 e. The predicted octanol–water partition coefficient (Wildman–Crippen LogP) is 0.885. The summed E-state index contributed by atoms with van der Waals surface area (Å²) in [6.07, 6.45) is 0. The molecule has 4 nitrogen and oxygen atoms in total. The average molecular weight is 231 g/mol. The SMILES string of the molecule is C[C@H]1COc2cccc(F)c2S(=O)(=O)N1. The summed E-state index contributed by atoms with van der Waals surface area (Å²) in [5.41, 5.74) is 0. The van der Waals surface area contributed by atoms with E-state index in [-0.39, 0.29) is 18.4 Å². The maximum absolute atomic E-state index is 13.4. The molecule has 1 atom stereocenters. The van der Waals surface area contributed by atoms with Crippen LogP contribution in [0.4, 0.5) is 4.39 Å². The summed E-state index contributed by atoms with van der Waals surface area (Å²) in [5, 5.41) is 0. The van der Waals surface area contributed by atoms with E-state index in [0.717, 1.165) is 6.07 Å². The van der Waals surface area contributed by atoms with Crippen molar-refractivity contribution in [2.75, 3.05) is 6.61 Å². The van der Waals surface area contributed by atoms with Gasteiger partial charge in [-0.05, 0) is 19.1 Å². The molecule has 0 fully saturated rings. The largest absolute Gasteiger partial charge is 0.490 e. The quantitative estimate of drug-likeness (QED) is 0.721. The second kappa shape index (κ2) is 3.46. The van der Waals surface area contributed by atoms with E-state index in [1.54, 1.807) is 6.92 Å². The van der Waals surface area contributed by atoms with E-state index >= 15 is 0 Å². The molecule has 82 valence electrons. The van der Waals surface area contributed by atoms with Crippen molar-refractivity contribution in [3.63, 3.8) is 0 Å². The van der Waals surface area contributed by atoms with Crippen LogP contribution in [0.1, 0.15) is 6.92 Å². The lowest BCUT2D eigenvalue weighted by Crippen LogP contribution is -2.34. The number of ether oxygens (including phenoxy) is 1. The molecule has 0 saturated heterocycles. The summed E-state index contributed by atoms with van der Waals surface area (Å²) in [4.78, 5) is -0.408. The highest BCUT2D eigenvalue weighted by Gasteiger charge is 2.29. The van der Waals surface area contributed by atoms with Crippen LogP contribution in [-0.2, 0) is 10.0 Å². The van der Waals surface area contributed by atoms with Crippen molar-refractivity contribution in [3.05, 3.63) is 24.0 Å². The Bertz CT molecular complexity index is 486. The molecule has 1 aromatic rings. The van der Waals surface area contributed by atoms with Gasteiger partial charge in [0.25, 0.3) is 0 Å². The second-order valence-electron chi connectivity index (χ2n) is 3.40. The first-order valence-electron chi connectivity index (χ1n) is 4.44. The molecule has 0 aromatic heterocycles. The highest BCUT2D eigenvalue weighted by molar-refractivity contribution is 7.89. The van der Waals surface area contributed by atoms with E-state index in [1.807, 2.05) is 0 Å². The Balaban J connectivity index is 2.65. The third-order valence-electron chi connectivity index (χ3n) is 2.04. The molecule has 0 saturated carbocycles. The van der Waals surface area contributed by atoms with E-state index in [0.29, 0.717) is 0 Å². The molecule has 0 amide bonds. The molecule has 2 rings (SSSR count). The van der Waals surface area contributed by atoms with Crippen molar-refractivity contribution in [1.29, 1.82) is 0 Å². The number of rotatable bonds is 0. The van der Waals surface area contributed by atoms with Crippen LogP contribution >= 0.6 is 0 Å². The van der Waals surface area contributed by atoms with Gasteiger partial charge in [0.15, 0.2) is 4.90 Å². The molecule has 1 aliphatic heterocycles. The zero-order valence-corrected chi connectivity index (χ0v) is 8.84. The zero-order valence-electron chi connectivity index (χ0n) is 8.03. The van der Waals surface area contributed by atoms with E-state index in [4.69, 9.17) is 4.74 Å². The Hall–Kier alpha value is -1.14. The van der Waals surface area contributed by atoms with E-state index < -0.39 is 20.7 Å². The number of fused-ring (bicyclic) bond motifs is 1.